The highest BCUT2D eigenvalue weighted by Gasteiger charge is 2.45. The van der Waals surface area contributed by atoms with Gasteiger partial charge in [0, 0.05) is 32.0 Å². The number of halogens is 1. The number of fused-ring (bicyclic) bond motifs is 1. The largest absolute Gasteiger partial charge is 0.357 e. The van der Waals surface area contributed by atoms with Crippen molar-refractivity contribution in [3.05, 3.63) is 23.0 Å². The molecule has 2 atom stereocenters. The number of carbonyl (C=O) groups is 3. The van der Waals surface area contributed by atoms with Crippen LogP contribution in [0.2, 0.25) is 0 Å². The van der Waals surface area contributed by atoms with E-state index in [4.69, 9.17) is 5.73 Å². The van der Waals surface area contributed by atoms with Crippen LogP contribution in [0.4, 0.5) is 4.39 Å². The summed E-state index contributed by atoms with van der Waals surface area (Å²) in [5.41, 5.74) is 5.40. The maximum atomic E-state index is 14.8. The van der Waals surface area contributed by atoms with Gasteiger partial charge >= 0.3 is 0 Å². The number of amides is 2. The highest BCUT2D eigenvalue weighted by molar-refractivity contribution is 6.04. The number of allylic oxidation sites excluding steroid dienone is 1. The lowest BCUT2D eigenvalue weighted by Gasteiger charge is -2.29. The van der Waals surface area contributed by atoms with Crippen LogP contribution in [0, 0.1) is 5.41 Å². The maximum absolute atomic E-state index is 14.8. The van der Waals surface area contributed by atoms with Crippen molar-refractivity contribution in [2.45, 2.75) is 32.2 Å². The molecule has 0 spiro atoms. The molecule has 0 saturated carbocycles. The number of carbonyl (C=O) groups excluding carboxylic acids is 3. The standard InChI is InChI=1S/C16H22FN3O3/c1-16(9-18)6-5-10-8-20(15(23)12(10)13(16)17)11(4-3-7-21)14(22)19-2/h5,7,11H,3-4,6,8-9,18H2,1-2H3,(H,19,22). The van der Waals surface area contributed by atoms with Crippen LogP contribution in [0.1, 0.15) is 26.2 Å². The minimum atomic E-state index is -0.879. The number of nitrogens with one attached hydrogen (secondary N) is 1. The summed E-state index contributed by atoms with van der Waals surface area (Å²) in [4.78, 5) is 36.7. The van der Waals surface area contributed by atoms with Gasteiger partial charge in [-0.05, 0) is 18.4 Å². The number of hydrogen-bond acceptors (Lipinski definition) is 4. The van der Waals surface area contributed by atoms with Crippen LogP contribution >= 0.6 is 0 Å². The van der Waals surface area contributed by atoms with Gasteiger partial charge in [-0.1, -0.05) is 13.0 Å². The van der Waals surface area contributed by atoms with Crippen molar-refractivity contribution in [1.29, 1.82) is 0 Å². The molecule has 2 aliphatic rings. The second-order valence-electron chi connectivity index (χ2n) is 6.19. The van der Waals surface area contributed by atoms with Gasteiger partial charge in [-0.15, -0.1) is 0 Å². The Morgan fingerprint density at radius 1 is 1.61 bits per heavy atom. The van der Waals surface area contributed by atoms with Crippen LogP contribution in [0.25, 0.3) is 0 Å². The van der Waals surface area contributed by atoms with Gasteiger partial charge < -0.3 is 20.7 Å². The van der Waals surface area contributed by atoms with Gasteiger partial charge in [0.15, 0.2) is 0 Å². The van der Waals surface area contributed by atoms with Crippen molar-refractivity contribution < 1.29 is 18.8 Å². The molecule has 6 nitrogen and oxygen atoms in total. The van der Waals surface area contributed by atoms with E-state index < -0.39 is 23.2 Å². The summed E-state index contributed by atoms with van der Waals surface area (Å²) in [6.07, 6.45) is 3.32. The zero-order valence-electron chi connectivity index (χ0n) is 13.4. The summed E-state index contributed by atoms with van der Waals surface area (Å²) in [5.74, 6) is -1.37. The molecule has 2 rings (SSSR count). The van der Waals surface area contributed by atoms with E-state index in [1.165, 1.54) is 11.9 Å². The molecule has 3 N–H and O–H groups in total. The maximum Gasteiger partial charge on any atom is 0.257 e. The van der Waals surface area contributed by atoms with Crippen molar-refractivity contribution in [3.63, 3.8) is 0 Å². The molecule has 0 aromatic rings. The Kier molecular flexibility index (Phi) is 4.99. The highest BCUT2D eigenvalue weighted by Crippen LogP contribution is 2.43. The lowest BCUT2D eigenvalue weighted by molar-refractivity contribution is -0.136. The Morgan fingerprint density at radius 3 is 2.87 bits per heavy atom. The normalized spacial score (nSPS) is 25.1. The lowest BCUT2D eigenvalue weighted by atomic mass is 9.78. The number of nitrogens with zero attached hydrogens (tertiary/aromatic N) is 1. The number of likely N-dealkylation sites (N-methyl/N-ethyl adjacent to an activating group) is 1. The quantitative estimate of drug-likeness (QED) is 0.694. The van der Waals surface area contributed by atoms with Crippen LogP contribution < -0.4 is 11.1 Å². The fourth-order valence-electron chi connectivity index (χ4n) is 3.00. The molecule has 126 valence electrons. The average molecular weight is 323 g/mol. The topological polar surface area (TPSA) is 92.5 Å². The van der Waals surface area contributed by atoms with Gasteiger partial charge in [0.1, 0.15) is 18.2 Å². The van der Waals surface area contributed by atoms with Gasteiger partial charge in [0.25, 0.3) is 5.91 Å². The number of hydrogen-bond donors (Lipinski definition) is 2. The smallest absolute Gasteiger partial charge is 0.257 e. The Balaban J connectivity index is 2.36. The fourth-order valence-corrected chi connectivity index (χ4v) is 3.00. The molecule has 0 bridgehead atoms. The number of rotatable bonds is 6. The second-order valence-corrected chi connectivity index (χ2v) is 6.19. The number of likely N-dealkylation sites (tertiary alicyclic amines) is 1. The molecule has 2 amide bonds. The second kappa shape index (κ2) is 6.62. The zero-order chi connectivity index (χ0) is 17.2. The molecular formula is C16H22FN3O3. The summed E-state index contributed by atoms with van der Waals surface area (Å²) < 4.78 is 14.8. The first-order chi connectivity index (χ1) is 10.9. The fraction of sp³-hybridized carbons (Fsp3) is 0.562. The van der Waals surface area contributed by atoms with E-state index in [-0.39, 0.29) is 37.4 Å². The van der Waals surface area contributed by atoms with Gasteiger partial charge in [0.2, 0.25) is 5.91 Å². The molecule has 0 aromatic heterocycles. The van der Waals surface area contributed by atoms with Crippen LogP contribution in [0.5, 0.6) is 0 Å². The summed E-state index contributed by atoms with van der Waals surface area (Å²) in [6, 6.07) is -0.784. The van der Waals surface area contributed by atoms with Gasteiger partial charge in [-0.3, -0.25) is 9.59 Å². The van der Waals surface area contributed by atoms with Crippen molar-refractivity contribution in [2.75, 3.05) is 20.1 Å². The Labute approximate surface area is 134 Å². The predicted octanol–water partition coefficient (Wildman–Crippen LogP) is 0.441. The van der Waals surface area contributed by atoms with E-state index in [1.54, 1.807) is 6.92 Å². The van der Waals surface area contributed by atoms with Gasteiger partial charge in [0.05, 0.1) is 5.57 Å². The van der Waals surface area contributed by atoms with Crippen LogP contribution in [-0.2, 0) is 14.4 Å². The number of nitrogens with two attached hydrogens (primary N) is 1. The first-order valence-corrected chi connectivity index (χ1v) is 7.65. The molecule has 0 aromatic carbocycles. The third kappa shape index (κ3) is 2.93. The minimum absolute atomic E-state index is 0.0317. The molecule has 23 heavy (non-hydrogen) atoms. The molecule has 1 fully saturated rings. The predicted molar refractivity (Wildman–Crippen MR) is 82.9 cm³/mol. The molecule has 1 aliphatic carbocycles. The van der Waals surface area contributed by atoms with Gasteiger partial charge in [-0.2, -0.15) is 0 Å². The summed E-state index contributed by atoms with van der Waals surface area (Å²) >= 11 is 0. The van der Waals surface area contributed by atoms with E-state index in [2.05, 4.69) is 5.32 Å². The van der Waals surface area contributed by atoms with E-state index >= 15 is 0 Å². The molecule has 1 aliphatic heterocycles. The Bertz CT molecular complexity index is 599. The SMILES string of the molecule is CNC(=O)C(CCC=O)N1CC2=CCC(C)(CN)C(F)=C2C1=O. The van der Waals surface area contributed by atoms with Crippen LogP contribution in [0.3, 0.4) is 0 Å². The van der Waals surface area contributed by atoms with Crippen molar-refractivity contribution in [1.82, 2.24) is 10.2 Å². The Morgan fingerprint density at radius 2 is 2.30 bits per heavy atom. The minimum Gasteiger partial charge on any atom is -0.357 e. The van der Waals surface area contributed by atoms with Crippen LogP contribution in [0.15, 0.2) is 23.0 Å². The van der Waals surface area contributed by atoms with Crippen LogP contribution in [-0.4, -0.2) is 49.2 Å². The zero-order valence-corrected chi connectivity index (χ0v) is 13.4. The number of aldehydes is 1. The molecule has 1 heterocycles. The highest BCUT2D eigenvalue weighted by atomic mass is 19.1. The van der Waals surface area contributed by atoms with Crippen molar-refractivity contribution in [2.24, 2.45) is 11.1 Å². The summed E-state index contributed by atoms with van der Waals surface area (Å²) in [6.45, 7) is 1.96. The first-order valence-electron chi connectivity index (χ1n) is 7.65. The molecular weight excluding hydrogens is 301 g/mol. The summed E-state index contributed by atoms with van der Waals surface area (Å²) in [5, 5.41) is 2.49. The molecule has 0 radical (unpaired) electrons. The Hall–Kier alpha value is -2.02. The average Bonchev–Trinajstić information content (AvgIpc) is 2.88. The summed E-state index contributed by atoms with van der Waals surface area (Å²) in [7, 11) is 1.47. The monoisotopic (exact) mass is 323 g/mol. The molecule has 1 saturated heterocycles. The van der Waals surface area contributed by atoms with E-state index in [9.17, 15) is 18.8 Å². The van der Waals surface area contributed by atoms with E-state index in [0.717, 1.165) is 0 Å². The molecule has 7 heteroatoms. The van der Waals surface area contributed by atoms with Crippen molar-refractivity contribution >= 4 is 18.1 Å². The van der Waals surface area contributed by atoms with E-state index in [1.807, 2.05) is 6.08 Å². The lowest BCUT2D eigenvalue weighted by Crippen LogP contribution is -2.46. The molecule has 2 unspecified atom stereocenters. The third-order valence-electron chi connectivity index (χ3n) is 4.62. The third-order valence-corrected chi connectivity index (χ3v) is 4.62. The van der Waals surface area contributed by atoms with Gasteiger partial charge in [-0.25, -0.2) is 4.39 Å². The van der Waals surface area contributed by atoms with E-state index in [0.29, 0.717) is 18.3 Å². The van der Waals surface area contributed by atoms with Crippen molar-refractivity contribution in [3.8, 4) is 0 Å². The first kappa shape index (κ1) is 17.3.